The summed E-state index contributed by atoms with van der Waals surface area (Å²) in [6.07, 6.45) is 8.65. The van der Waals surface area contributed by atoms with E-state index in [-0.39, 0.29) is 44.0 Å². The quantitative estimate of drug-likeness (QED) is 0.0905. The maximum Gasteiger partial charge on any atom is 0.569 e. The summed E-state index contributed by atoms with van der Waals surface area (Å²) in [5.41, 5.74) is 8.70. The van der Waals surface area contributed by atoms with E-state index in [0.29, 0.717) is 63.0 Å². The van der Waals surface area contributed by atoms with Crippen molar-refractivity contribution >= 4 is 83.9 Å². The number of aromatic nitrogens is 4. The Labute approximate surface area is 533 Å². The Hall–Kier alpha value is -9.63. The topological polar surface area (TPSA) is 275 Å². The van der Waals surface area contributed by atoms with Gasteiger partial charge in [0.15, 0.2) is 19.7 Å². The summed E-state index contributed by atoms with van der Waals surface area (Å²) in [5, 5.41) is 32.2. The average Bonchev–Trinajstić information content (AvgIpc) is 0.998. The summed E-state index contributed by atoms with van der Waals surface area (Å²) in [4.78, 5) is 49.2. The lowest BCUT2D eigenvalue weighted by atomic mass is 9.93. The minimum Gasteiger partial charge on any atom is -0.537 e. The Morgan fingerprint density at radius 1 is 0.576 bits per heavy atom. The minimum atomic E-state index is -3.68. The number of rotatable bonds is 13. The van der Waals surface area contributed by atoms with Gasteiger partial charge in [-0.3, -0.25) is 28.3 Å². The van der Waals surface area contributed by atoms with Gasteiger partial charge in [0.2, 0.25) is 0 Å². The molecule has 0 saturated carbocycles. The van der Waals surface area contributed by atoms with Gasteiger partial charge in [-0.05, 0) is 164 Å². The summed E-state index contributed by atoms with van der Waals surface area (Å²) in [5.74, 6) is -2.44. The van der Waals surface area contributed by atoms with Crippen molar-refractivity contribution in [1.29, 1.82) is 0 Å². The molecular weight excluding hydrogens is 1250 g/mol. The first-order chi connectivity index (χ1) is 43.9. The van der Waals surface area contributed by atoms with Crippen LogP contribution in [0.25, 0.3) is 55.5 Å². The van der Waals surface area contributed by atoms with Gasteiger partial charge >= 0.3 is 7.69 Å². The normalized spacial score (nSPS) is 13.3. The summed E-state index contributed by atoms with van der Waals surface area (Å²) in [6.45, 7) is 5.56. The van der Waals surface area contributed by atoms with Crippen molar-refractivity contribution in [1.82, 2.24) is 29.2 Å². The molecule has 2 aliphatic rings. The van der Waals surface area contributed by atoms with Crippen LogP contribution < -0.4 is 15.8 Å². The summed E-state index contributed by atoms with van der Waals surface area (Å²) in [6, 6.07) is 41.8. The molecule has 475 valence electrons. The van der Waals surface area contributed by atoms with Gasteiger partial charge in [0.05, 0.1) is 43.6 Å². The number of nitrogens with zero attached hydrogens (tertiary/aromatic N) is 6. The molecule has 0 unspecified atom stereocenters. The molecule has 0 saturated heterocycles. The molecule has 2 aliphatic heterocycles. The van der Waals surface area contributed by atoms with Crippen molar-refractivity contribution in [2.75, 3.05) is 40.3 Å². The molecule has 1 radical (unpaired) electrons. The van der Waals surface area contributed by atoms with Gasteiger partial charge in [-0.2, -0.15) is 0 Å². The molecule has 0 fully saturated rings. The van der Waals surface area contributed by atoms with Crippen molar-refractivity contribution in [2.24, 2.45) is 0 Å². The lowest BCUT2D eigenvalue weighted by molar-refractivity contribution is -0.135. The molecule has 3 N–H and O–H groups in total. The number of sulfone groups is 2. The lowest BCUT2D eigenvalue weighted by Gasteiger charge is -2.25. The third-order valence-electron chi connectivity index (χ3n) is 14.2. The SMILES string of the molecule is CC(=O)O.CC(=O)O.CN1CC=C(c2cc(-c3ccc(F)cc3)ccc2-n2c(=O)ccc3cc(S(=O)(=O)Cc4ccon4)ccc32)CC1.CN1CC=C(c2cc(Cl)ccc2-n2c(=O)ccc3cc(S(=O)(=O)Cc4ccon4)ccc32)CC1.O[B]Oc1ccc(F)cc1. The predicted octanol–water partition coefficient (Wildman–Crippen LogP) is 10.7. The number of carboxylic acids is 2. The third kappa shape index (κ3) is 18.1. The molecule has 92 heavy (non-hydrogen) atoms. The highest BCUT2D eigenvalue weighted by atomic mass is 35.5. The van der Waals surface area contributed by atoms with Crippen LogP contribution in [0.3, 0.4) is 0 Å². The van der Waals surface area contributed by atoms with E-state index in [1.807, 2.05) is 30.3 Å². The number of hydrogen-bond acceptors (Lipinski definition) is 16. The first-order valence-corrected chi connectivity index (χ1v) is 31.9. The van der Waals surface area contributed by atoms with Crippen molar-refractivity contribution < 1.29 is 64.1 Å². The Kier molecular flexibility index (Phi) is 23.0. The highest BCUT2D eigenvalue weighted by Crippen LogP contribution is 2.35. The van der Waals surface area contributed by atoms with E-state index in [9.17, 15) is 35.2 Å². The Morgan fingerprint density at radius 2 is 1.00 bits per heavy atom. The van der Waals surface area contributed by atoms with Gasteiger partial charge in [-0.1, -0.05) is 52.3 Å². The third-order valence-corrected chi connectivity index (χ3v) is 17.8. The molecule has 0 amide bonds. The molecule has 6 heterocycles. The number of carboxylic acid groups (broad SMARTS) is 2. The van der Waals surface area contributed by atoms with Crippen LogP contribution in [-0.2, 0) is 40.8 Å². The molecule has 26 heteroatoms. The molecule has 12 rings (SSSR count). The molecule has 20 nitrogen and oxygen atoms in total. The molecule has 0 atom stereocenters. The Morgan fingerprint density at radius 3 is 1.41 bits per heavy atom. The largest absolute Gasteiger partial charge is 0.569 e. The van der Waals surface area contributed by atoms with Crippen molar-refractivity contribution in [3.05, 3.63) is 242 Å². The fourth-order valence-corrected chi connectivity index (χ4v) is 12.6. The van der Waals surface area contributed by atoms with Gasteiger partial charge < -0.3 is 38.7 Å². The van der Waals surface area contributed by atoms with Crippen molar-refractivity contribution in [3.8, 4) is 28.3 Å². The minimum absolute atomic E-state index is 0.137. The highest BCUT2D eigenvalue weighted by Gasteiger charge is 2.23. The van der Waals surface area contributed by atoms with Crippen molar-refractivity contribution in [3.63, 3.8) is 0 Å². The Balaban J connectivity index is 0.000000188. The van der Waals surface area contributed by atoms with Crippen LogP contribution in [0.1, 0.15) is 49.2 Å². The van der Waals surface area contributed by atoms with Crippen LogP contribution >= 0.6 is 11.6 Å². The first kappa shape index (κ1) is 68.3. The van der Waals surface area contributed by atoms with Crippen LogP contribution in [0.4, 0.5) is 8.78 Å². The maximum atomic E-state index is 13.6. The number of benzene rings is 6. The fraction of sp³-hybridized carbons (Fsp3) is 0.182. The average molecular weight is 1310 g/mol. The second-order valence-electron chi connectivity index (χ2n) is 21.1. The van der Waals surface area contributed by atoms with Gasteiger partial charge in [0, 0.05) is 91.2 Å². The molecule has 0 aliphatic carbocycles. The van der Waals surface area contributed by atoms with E-state index in [0.717, 1.165) is 86.3 Å². The molecule has 0 bridgehead atoms. The van der Waals surface area contributed by atoms with Crippen LogP contribution in [0.2, 0.25) is 5.02 Å². The highest BCUT2D eigenvalue weighted by molar-refractivity contribution is 7.91. The number of pyridine rings is 2. The van der Waals surface area contributed by atoms with Gasteiger partial charge in [0.1, 0.15) is 41.4 Å². The zero-order valence-electron chi connectivity index (χ0n) is 50.0. The number of hydrogen-bond donors (Lipinski definition) is 3. The number of likely N-dealkylation sites (N-methyl/N-ethyl adjacent to an activating group) is 2. The van der Waals surface area contributed by atoms with Crippen LogP contribution in [0.15, 0.2) is 211 Å². The molecular formula is C66H61BClF2N6O14S2. The number of fused-ring (bicyclic) bond motifs is 2. The number of aliphatic carboxylic acids is 2. The maximum absolute atomic E-state index is 13.6. The van der Waals surface area contributed by atoms with E-state index >= 15 is 0 Å². The first-order valence-electron chi connectivity index (χ1n) is 28.2. The van der Waals surface area contributed by atoms with E-state index in [1.54, 1.807) is 63.7 Å². The van der Waals surface area contributed by atoms with Crippen LogP contribution in [0, 0.1) is 11.6 Å². The van der Waals surface area contributed by atoms with E-state index in [2.05, 4.69) is 51.0 Å². The summed E-state index contributed by atoms with van der Waals surface area (Å²) >= 11 is 6.34. The summed E-state index contributed by atoms with van der Waals surface area (Å²) < 4.78 is 95.0. The second kappa shape index (κ2) is 30.9. The van der Waals surface area contributed by atoms with E-state index in [1.165, 1.54) is 85.3 Å². The van der Waals surface area contributed by atoms with E-state index in [4.69, 9.17) is 45.5 Å². The number of carbonyl (C=O) groups is 2. The molecule has 0 spiro atoms. The lowest BCUT2D eigenvalue weighted by Crippen LogP contribution is -2.24. The fourth-order valence-electron chi connectivity index (χ4n) is 9.89. The monoisotopic (exact) mass is 1310 g/mol. The second-order valence-corrected chi connectivity index (χ2v) is 25.5. The zero-order valence-corrected chi connectivity index (χ0v) is 52.4. The molecule has 6 aromatic carbocycles. The van der Waals surface area contributed by atoms with Gasteiger partial charge in [0.25, 0.3) is 23.1 Å². The van der Waals surface area contributed by atoms with Crippen LogP contribution in [0.5, 0.6) is 5.75 Å². The standard InChI is InChI=1S/C31H26FN3O4S.C25H22ClN3O4S.C6H5BFO2.2C2H4O2/c1-34-15-12-22(13-16-34)28-19-23(21-2-6-25(32)7-3-21)4-9-30(28)35-29-10-8-27(18-24(29)5-11-31(35)36)40(37,38)20-26-14-17-39-33-26;1-28-11-8-17(9-12-28)22-15-19(26)3-5-24(22)29-23-6-4-21(14-18(23)2-7-25(29)30)34(31,32)16-20-10-13-33-27-20;8-5-1-3-6(4-2-5)10-7-9;2*1-2(3)4/h2-12,14,17-19H,13,15-16,20H2,1H3;2-8,10,13-15H,9,11-12,16H2,1H3;1-4,9H;2*1H3,(H,3,4). The Bertz CT molecular complexity index is 4660. The summed E-state index contributed by atoms with van der Waals surface area (Å²) in [7, 11) is -2.65. The predicted molar refractivity (Wildman–Crippen MR) is 346 cm³/mol. The smallest absolute Gasteiger partial charge is 0.537 e. The van der Waals surface area contributed by atoms with Crippen molar-refractivity contribution in [2.45, 2.75) is 48.0 Å². The van der Waals surface area contributed by atoms with Crippen LogP contribution in [-0.4, -0.2) is 121 Å². The van der Waals surface area contributed by atoms with Gasteiger partial charge in [-0.25, -0.2) is 25.6 Å². The zero-order chi connectivity index (χ0) is 66.3. The van der Waals surface area contributed by atoms with E-state index < -0.39 is 31.6 Å². The molecule has 10 aromatic rings. The molecule has 4 aromatic heterocycles. The van der Waals surface area contributed by atoms with Gasteiger partial charge in [-0.15, -0.1) is 0 Å². The number of halogens is 3.